The Balaban J connectivity index is 1.28. The minimum Gasteiger partial charge on any atom is -0.480 e. The molecule has 14 heteroatoms. The van der Waals surface area contributed by atoms with Gasteiger partial charge in [-0.15, -0.1) is 11.3 Å². The predicted octanol–water partition coefficient (Wildman–Crippen LogP) is 0.779. The van der Waals surface area contributed by atoms with E-state index in [1.54, 1.807) is 23.6 Å². The Morgan fingerprint density at radius 1 is 0.846 bits per heavy atom. The van der Waals surface area contributed by atoms with Crippen LogP contribution in [0.25, 0.3) is 0 Å². The average Bonchev–Trinajstić information content (AvgIpc) is 3.69. The molecule has 39 heavy (non-hydrogen) atoms. The van der Waals surface area contributed by atoms with Gasteiger partial charge in [0.25, 0.3) is 11.8 Å². The third kappa shape index (κ3) is 6.63. The number of carboxylic acids is 2. The van der Waals surface area contributed by atoms with Crippen molar-refractivity contribution in [2.24, 2.45) is 0 Å². The lowest BCUT2D eigenvalue weighted by Gasteiger charge is -2.23. The predicted molar refractivity (Wildman–Crippen MR) is 135 cm³/mol. The van der Waals surface area contributed by atoms with Crippen molar-refractivity contribution in [1.29, 1.82) is 0 Å². The maximum atomic E-state index is 12.9. The van der Waals surface area contributed by atoms with Crippen molar-refractivity contribution < 1.29 is 43.4 Å². The molecule has 0 bridgehead atoms. The number of nitrogens with one attached hydrogen (secondary N) is 2. The second kappa shape index (κ2) is 12.1. The minimum atomic E-state index is -1.20. The largest absolute Gasteiger partial charge is 0.480 e. The third-order valence-corrected chi connectivity index (χ3v) is 7.62. The van der Waals surface area contributed by atoms with Gasteiger partial charge in [-0.25, -0.2) is 9.59 Å². The van der Waals surface area contributed by atoms with Crippen LogP contribution in [-0.4, -0.2) is 92.8 Å². The zero-order valence-electron chi connectivity index (χ0n) is 20.8. The first-order chi connectivity index (χ1) is 18.6. The summed E-state index contributed by atoms with van der Waals surface area (Å²) in [6, 6.07) is 3.04. The lowest BCUT2D eigenvalue weighted by atomic mass is 10.1. The van der Waals surface area contributed by atoms with Gasteiger partial charge in [0, 0.05) is 50.9 Å². The van der Waals surface area contributed by atoms with E-state index >= 15 is 0 Å². The summed E-state index contributed by atoms with van der Waals surface area (Å²) in [5, 5.41) is 26.4. The van der Waals surface area contributed by atoms with E-state index < -0.39 is 53.8 Å². The van der Waals surface area contributed by atoms with Crippen molar-refractivity contribution in [2.75, 3.05) is 13.1 Å². The number of hydrogen-bond acceptors (Lipinski definition) is 8. The van der Waals surface area contributed by atoms with Crippen molar-refractivity contribution in [3.8, 4) is 0 Å². The van der Waals surface area contributed by atoms with Crippen molar-refractivity contribution in [3.05, 3.63) is 46.5 Å². The SMILES string of the molecule is O=C(NC1CC(C(=O)O)N(C(=O)CCCC(=O)N2CC(NC(=O)c3cccs3)CC2C(=O)O)C1)c1ccco1. The molecule has 4 atom stereocenters. The van der Waals surface area contributed by atoms with E-state index in [-0.39, 0.29) is 56.9 Å². The fraction of sp³-hybridized carbons (Fsp3) is 0.440. The topological polar surface area (TPSA) is 187 Å². The number of thiophene rings is 1. The van der Waals surface area contributed by atoms with Gasteiger partial charge >= 0.3 is 11.9 Å². The Labute approximate surface area is 226 Å². The molecule has 4 amide bonds. The molecule has 2 aromatic rings. The number of aliphatic carboxylic acids is 2. The Morgan fingerprint density at radius 2 is 1.41 bits per heavy atom. The molecule has 2 aliphatic heterocycles. The van der Waals surface area contributed by atoms with Gasteiger partial charge in [0.1, 0.15) is 12.1 Å². The smallest absolute Gasteiger partial charge is 0.326 e. The highest BCUT2D eigenvalue weighted by atomic mass is 32.1. The number of carbonyl (C=O) groups excluding carboxylic acids is 4. The normalized spacial score (nSPS) is 22.5. The van der Waals surface area contributed by atoms with Crippen molar-refractivity contribution in [2.45, 2.75) is 56.3 Å². The van der Waals surface area contributed by atoms with E-state index in [1.807, 2.05) is 0 Å². The number of furan rings is 1. The van der Waals surface area contributed by atoms with Gasteiger partial charge < -0.3 is 35.1 Å². The van der Waals surface area contributed by atoms with E-state index in [2.05, 4.69) is 10.6 Å². The molecule has 4 N–H and O–H groups in total. The molecular formula is C25H28N4O9S. The van der Waals surface area contributed by atoms with Crippen LogP contribution in [0.4, 0.5) is 0 Å². The summed E-state index contributed by atoms with van der Waals surface area (Å²) < 4.78 is 5.03. The lowest BCUT2D eigenvalue weighted by Crippen LogP contribution is -2.42. The van der Waals surface area contributed by atoms with Crippen molar-refractivity contribution in [1.82, 2.24) is 20.4 Å². The van der Waals surface area contributed by atoms with Gasteiger partial charge in [0.15, 0.2) is 5.76 Å². The molecule has 2 aromatic heterocycles. The van der Waals surface area contributed by atoms with Crippen LogP contribution in [0.5, 0.6) is 0 Å². The number of carbonyl (C=O) groups is 6. The van der Waals surface area contributed by atoms with Crippen molar-refractivity contribution in [3.63, 3.8) is 0 Å². The first-order valence-electron chi connectivity index (χ1n) is 12.4. The summed E-state index contributed by atoms with van der Waals surface area (Å²) >= 11 is 1.25. The molecule has 0 radical (unpaired) electrons. The molecule has 4 heterocycles. The molecule has 13 nitrogen and oxygen atoms in total. The fourth-order valence-electron chi connectivity index (χ4n) is 4.91. The monoisotopic (exact) mass is 560 g/mol. The zero-order valence-corrected chi connectivity index (χ0v) is 21.6. The number of likely N-dealkylation sites (tertiary alicyclic amines) is 2. The summed E-state index contributed by atoms with van der Waals surface area (Å²) in [6.45, 7) is 0.0279. The summed E-state index contributed by atoms with van der Waals surface area (Å²) in [5.41, 5.74) is 0. The number of nitrogens with zero attached hydrogens (tertiary/aromatic N) is 2. The molecule has 2 aliphatic rings. The molecule has 4 unspecified atom stereocenters. The van der Waals surface area contributed by atoms with Gasteiger partial charge in [-0.3, -0.25) is 19.2 Å². The van der Waals surface area contributed by atoms with Crippen LogP contribution in [0.3, 0.4) is 0 Å². The molecule has 0 aromatic carbocycles. The quantitative estimate of drug-likeness (QED) is 0.326. The molecule has 2 saturated heterocycles. The highest BCUT2D eigenvalue weighted by Gasteiger charge is 2.42. The first kappa shape index (κ1) is 27.8. The third-order valence-electron chi connectivity index (χ3n) is 6.75. The van der Waals surface area contributed by atoms with E-state index in [4.69, 9.17) is 4.42 Å². The van der Waals surface area contributed by atoms with Crippen LogP contribution in [0, 0.1) is 0 Å². The van der Waals surface area contributed by atoms with Gasteiger partial charge in [-0.05, 0) is 30.0 Å². The maximum absolute atomic E-state index is 12.9. The zero-order chi connectivity index (χ0) is 28.1. The number of hydrogen-bond donors (Lipinski definition) is 4. The van der Waals surface area contributed by atoms with E-state index in [0.717, 1.165) is 0 Å². The van der Waals surface area contributed by atoms with Crippen LogP contribution >= 0.6 is 11.3 Å². The number of amides is 4. The molecule has 0 aliphatic carbocycles. The summed E-state index contributed by atoms with van der Waals surface area (Å²) in [5.74, 6) is -4.12. The lowest BCUT2D eigenvalue weighted by molar-refractivity contribution is -0.149. The van der Waals surface area contributed by atoms with Gasteiger partial charge in [0.2, 0.25) is 11.8 Å². The standard InChI is InChI=1S/C25H28N4O9S/c30-20(28-12-14(10-16(28)24(34)35)26-22(32)18-4-2-8-38-18)6-1-7-21(31)29-13-15(11-17(29)25(36)37)27-23(33)19-5-3-9-39-19/h2-5,8-9,14-17H,1,6-7,10-13H2,(H,26,32)(H,27,33)(H,34,35)(H,36,37). The van der Waals surface area contributed by atoms with E-state index in [1.165, 1.54) is 33.5 Å². The van der Waals surface area contributed by atoms with Crippen LogP contribution in [0.15, 0.2) is 40.3 Å². The second-order valence-corrected chi connectivity index (χ2v) is 10.4. The summed E-state index contributed by atoms with van der Waals surface area (Å²) in [6.07, 6.45) is 1.27. The fourth-order valence-corrected chi connectivity index (χ4v) is 5.53. The van der Waals surface area contributed by atoms with Crippen LogP contribution in [0.2, 0.25) is 0 Å². The maximum Gasteiger partial charge on any atom is 0.326 e. The van der Waals surface area contributed by atoms with Crippen LogP contribution in [-0.2, 0) is 19.2 Å². The summed E-state index contributed by atoms with van der Waals surface area (Å²) in [7, 11) is 0. The molecule has 208 valence electrons. The molecule has 0 saturated carbocycles. The van der Waals surface area contributed by atoms with Crippen molar-refractivity contribution >= 4 is 46.9 Å². The highest BCUT2D eigenvalue weighted by molar-refractivity contribution is 7.12. The molecule has 0 spiro atoms. The molecule has 4 rings (SSSR count). The Bertz CT molecular complexity index is 1140. The minimum absolute atomic E-state index is 0.00493. The van der Waals surface area contributed by atoms with E-state index in [9.17, 15) is 39.0 Å². The highest BCUT2D eigenvalue weighted by Crippen LogP contribution is 2.23. The summed E-state index contributed by atoms with van der Waals surface area (Å²) in [4.78, 5) is 76.6. The van der Waals surface area contributed by atoms with Crippen LogP contribution in [0.1, 0.15) is 52.3 Å². The Kier molecular flexibility index (Phi) is 8.64. The Morgan fingerprint density at radius 3 is 1.87 bits per heavy atom. The number of carboxylic acid groups (broad SMARTS) is 2. The molecule has 2 fully saturated rings. The average molecular weight is 561 g/mol. The Hall–Kier alpha value is -4.20. The van der Waals surface area contributed by atoms with E-state index in [0.29, 0.717) is 4.88 Å². The second-order valence-electron chi connectivity index (χ2n) is 9.42. The van der Waals surface area contributed by atoms with Crippen LogP contribution < -0.4 is 10.6 Å². The van der Waals surface area contributed by atoms with Gasteiger partial charge in [-0.2, -0.15) is 0 Å². The van der Waals surface area contributed by atoms with Gasteiger partial charge in [-0.1, -0.05) is 6.07 Å². The number of rotatable bonds is 10. The first-order valence-corrected chi connectivity index (χ1v) is 13.2. The molecular weight excluding hydrogens is 532 g/mol. The van der Waals surface area contributed by atoms with Gasteiger partial charge in [0.05, 0.1) is 11.1 Å².